The molecule has 0 radical (unpaired) electrons. The summed E-state index contributed by atoms with van der Waals surface area (Å²) in [5.41, 5.74) is 0.502. The molecule has 5 nitrogen and oxygen atoms in total. The Morgan fingerprint density at radius 3 is 2.28 bits per heavy atom. The van der Waals surface area contributed by atoms with Crippen molar-refractivity contribution in [2.45, 2.75) is 11.8 Å². The summed E-state index contributed by atoms with van der Waals surface area (Å²) >= 11 is 3.29. The predicted molar refractivity (Wildman–Crippen MR) is 101 cm³/mol. The van der Waals surface area contributed by atoms with Gasteiger partial charge in [0.15, 0.2) is 0 Å². The Balaban J connectivity index is 2.43. The Morgan fingerprint density at radius 1 is 1.12 bits per heavy atom. The zero-order valence-electron chi connectivity index (χ0n) is 13.7. The monoisotopic (exact) mass is 423 g/mol. The molecule has 0 fully saturated rings. The fraction of sp³-hybridized carbons (Fsp3) is 0.167. The fourth-order valence-corrected chi connectivity index (χ4v) is 3.84. The lowest BCUT2D eigenvalue weighted by Gasteiger charge is -2.25. The van der Waals surface area contributed by atoms with Gasteiger partial charge in [0.1, 0.15) is 0 Å². The van der Waals surface area contributed by atoms with E-state index in [1.807, 2.05) is 0 Å². The van der Waals surface area contributed by atoms with Crippen molar-refractivity contribution in [2.75, 3.05) is 17.5 Å². The molecule has 0 spiro atoms. The molecule has 0 N–H and O–H groups in total. The highest BCUT2D eigenvalue weighted by Gasteiger charge is 2.27. The summed E-state index contributed by atoms with van der Waals surface area (Å²) in [5.74, 6) is -0.616. The molecule has 0 heterocycles. The van der Waals surface area contributed by atoms with Gasteiger partial charge < -0.3 is 4.74 Å². The molecule has 0 saturated heterocycles. The van der Waals surface area contributed by atoms with Crippen LogP contribution in [0.4, 0.5) is 5.69 Å². The van der Waals surface area contributed by atoms with E-state index in [9.17, 15) is 13.2 Å². The van der Waals surface area contributed by atoms with Crippen molar-refractivity contribution in [3.05, 3.63) is 71.2 Å². The number of ether oxygens (including phenoxy) is 1. The van der Waals surface area contributed by atoms with Gasteiger partial charge in [-0.25, -0.2) is 13.2 Å². The molecule has 0 amide bonds. The van der Waals surface area contributed by atoms with Gasteiger partial charge in [-0.05, 0) is 43.3 Å². The molecule has 132 valence electrons. The Hall–Kier alpha value is -2.12. The summed E-state index contributed by atoms with van der Waals surface area (Å²) < 4.78 is 33.0. The van der Waals surface area contributed by atoms with Crippen molar-refractivity contribution in [1.82, 2.24) is 0 Å². The number of anilines is 1. The summed E-state index contributed by atoms with van der Waals surface area (Å²) in [6.45, 7) is 5.35. The van der Waals surface area contributed by atoms with Gasteiger partial charge in [-0.3, -0.25) is 4.31 Å². The van der Waals surface area contributed by atoms with E-state index in [4.69, 9.17) is 4.74 Å². The van der Waals surface area contributed by atoms with Crippen LogP contribution in [0, 0.1) is 0 Å². The molecule has 2 aromatic rings. The quantitative estimate of drug-likeness (QED) is 0.502. The number of carbonyl (C=O) groups excluding carboxylic acids is 1. The first-order chi connectivity index (χ1) is 11.9. The van der Waals surface area contributed by atoms with E-state index < -0.39 is 16.0 Å². The Kier molecular flexibility index (Phi) is 6.39. The number of halogens is 1. The predicted octanol–water partition coefficient (Wildman–Crippen LogP) is 3.76. The average Bonchev–Trinajstić information content (AvgIpc) is 2.60. The van der Waals surface area contributed by atoms with Gasteiger partial charge in [-0.2, -0.15) is 0 Å². The molecule has 0 bridgehead atoms. The SMILES string of the molecule is C=C(CN(c1ccccc1)S(=O)(=O)c1ccc(Br)cc1)C(=O)OCC. The standard InChI is InChI=1S/C18H18BrNO4S/c1-3-24-18(21)14(2)13-20(16-7-5-4-6-8-16)25(22,23)17-11-9-15(19)10-12-17/h4-12H,2-3,13H2,1H3. The number of carbonyl (C=O) groups is 1. The van der Waals surface area contributed by atoms with Crippen molar-refractivity contribution in [1.29, 1.82) is 0 Å². The van der Waals surface area contributed by atoms with Crippen LogP contribution < -0.4 is 4.31 Å². The van der Waals surface area contributed by atoms with Crippen LogP contribution in [0.5, 0.6) is 0 Å². The van der Waals surface area contributed by atoms with Crippen molar-refractivity contribution in [3.8, 4) is 0 Å². The summed E-state index contributed by atoms with van der Waals surface area (Å²) in [7, 11) is -3.87. The largest absolute Gasteiger partial charge is 0.463 e. The lowest BCUT2D eigenvalue weighted by Crippen LogP contribution is -2.34. The average molecular weight is 424 g/mol. The summed E-state index contributed by atoms with van der Waals surface area (Å²) in [6.07, 6.45) is 0. The molecule has 0 saturated carbocycles. The lowest BCUT2D eigenvalue weighted by atomic mass is 10.2. The first kappa shape index (κ1) is 19.2. The Morgan fingerprint density at radius 2 is 1.72 bits per heavy atom. The number of nitrogens with zero attached hydrogens (tertiary/aromatic N) is 1. The molecule has 0 aliphatic carbocycles. The van der Waals surface area contributed by atoms with Crippen LogP contribution in [-0.2, 0) is 19.6 Å². The lowest BCUT2D eigenvalue weighted by molar-refractivity contribution is -0.138. The summed E-state index contributed by atoms with van der Waals surface area (Å²) in [5, 5.41) is 0. The molecule has 25 heavy (non-hydrogen) atoms. The molecule has 0 atom stereocenters. The number of benzene rings is 2. The molecule has 0 aliphatic rings. The highest BCUT2D eigenvalue weighted by Crippen LogP contribution is 2.25. The van der Waals surface area contributed by atoms with E-state index in [1.165, 1.54) is 12.1 Å². The molecule has 2 rings (SSSR count). The van der Waals surface area contributed by atoms with Crippen LogP contribution >= 0.6 is 15.9 Å². The molecular weight excluding hydrogens is 406 g/mol. The third-order valence-electron chi connectivity index (χ3n) is 3.34. The van der Waals surface area contributed by atoms with E-state index in [1.54, 1.807) is 49.4 Å². The smallest absolute Gasteiger partial charge is 0.335 e. The van der Waals surface area contributed by atoms with Crippen LogP contribution in [-0.4, -0.2) is 27.5 Å². The maximum atomic E-state index is 13.1. The van der Waals surface area contributed by atoms with E-state index in [0.717, 1.165) is 8.78 Å². The van der Waals surface area contributed by atoms with Crippen LogP contribution in [0.2, 0.25) is 0 Å². The first-order valence-corrected chi connectivity index (χ1v) is 9.78. The highest BCUT2D eigenvalue weighted by molar-refractivity contribution is 9.10. The maximum Gasteiger partial charge on any atom is 0.335 e. The second-order valence-electron chi connectivity index (χ2n) is 5.13. The van der Waals surface area contributed by atoms with Gasteiger partial charge in [0, 0.05) is 4.47 Å². The minimum atomic E-state index is -3.87. The topological polar surface area (TPSA) is 63.7 Å². The van der Waals surface area contributed by atoms with Crippen molar-refractivity contribution in [2.24, 2.45) is 0 Å². The summed E-state index contributed by atoms with van der Waals surface area (Å²) in [6, 6.07) is 14.9. The highest BCUT2D eigenvalue weighted by atomic mass is 79.9. The van der Waals surface area contributed by atoms with Crippen molar-refractivity contribution < 1.29 is 17.9 Å². The molecule has 0 aliphatic heterocycles. The number of para-hydroxylation sites is 1. The number of rotatable bonds is 7. The van der Waals surface area contributed by atoms with Crippen molar-refractivity contribution >= 4 is 37.6 Å². The van der Waals surface area contributed by atoms with Crippen LogP contribution in [0.15, 0.2) is 76.1 Å². The molecule has 0 unspecified atom stereocenters. The van der Waals surface area contributed by atoms with Crippen molar-refractivity contribution in [3.63, 3.8) is 0 Å². The molecule has 7 heteroatoms. The minimum absolute atomic E-state index is 0.0615. The van der Waals surface area contributed by atoms with Gasteiger partial charge >= 0.3 is 5.97 Å². The zero-order chi connectivity index (χ0) is 18.4. The molecule has 2 aromatic carbocycles. The number of sulfonamides is 1. The van der Waals surface area contributed by atoms with E-state index in [0.29, 0.717) is 5.69 Å². The van der Waals surface area contributed by atoms with E-state index in [2.05, 4.69) is 22.5 Å². The van der Waals surface area contributed by atoms with Gasteiger partial charge in [0.2, 0.25) is 0 Å². The van der Waals surface area contributed by atoms with Crippen LogP contribution in [0.3, 0.4) is 0 Å². The Labute approximate surface area is 156 Å². The van der Waals surface area contributed by atoms with Crippen LogP contribution in [0.1, 0.15) is 6.92 Å². The zero-order valence-corrected chi connectivity index (χ0v) is 16.1. The minimum Gasteiger partial charge on any atom is -0.463 e. The second kappa shape index (κ2) is 8.31. The maximum absolute atomic E-state index is 13.1. The fourth-order valence-electron chi connectivity index (χ4n) is 2.11. The second-order valence-corrected chi connectivity index (χ2v) is 7.90. The number of hydrogen-bond donors (Lipinski definition) is 0. The van der Waals surface area contributed by atoms with Gasteiger partial charge in [-0.15, -0.1) is 0 Å². The van der Waals surface area contributed by atoms with Crippen LogP contribution in [0.25, 0.3) is 0 Å². The third-order valence-corrected chi connectivity index (χ3v) is 5.66. The molecular formula is C18H18BrNO4S. The van der Waals surface area contributed by atoms with Gasteiger partial charge in [0.05, 0.1) is 29.3 Å². The van der Waals surface area contributed by atoms with Gasteiger partial charge in [-0.1, -0.05) is 40.7 Å². The number of esters is 1. The third kappa shape index (κ3) is 4.70. The van der Waals surface area contributed by atoms with E-state index >= 15 is 0 Å². The number of hydrogen-bond acceptors (Lipinski definition) is 4. The summed E-state index contributed by atoms with van der Waals surface area (Å²) in [4.78, 5) is 12.0. The molecule has 0 aromatic heterocycles. The van der Waals surface area contributed by atoms with E-state index in [-0.39, 0.29) is 23.6 Å². The normalized spacial score (nSPS) is 11.0. The Bertz CT molecular complexity index is 848. The van der Waals surface area contributed by atoms with Gasteiger partial charge in [0.25, 0.3) is 10.0 Å². The first-order valence-electron chi connectivity index (χ1n) is 7.54.